The maximum atomic E-state index is 13.9. The average Bonchev–Trinajstić information content (AvgIpc) is 2.85. The first-order valence-electron chi connectivity index (χ1n) is 6.33. The van der Waals surface area contributed by atoms with Gasteiger partial charge in [0.2, 0.25) is 0 Å². The molecule has 1 N–H and O–H groups in total. The molecule has 4 heteroatoms. The zero-order valence-corrected chi connectivity index (χ0v) is 10.0. The summed E-state index contributed by atoms with van der Waals surface area (Å²) in [7, 11) is 0. The molecule has 0 bridgehead atoms. The first-order valence-corrected chi connectivity index (χ1v) is 6.33. The highest BCUT2D eigenvalue weighted by Gasteiger charge is 2.19. The molecular formula is C14H15F2NO. The molecule has 2 heterocycles. The Kier molecular flexibility index (Phi) is 3.04. The topological polar surface area (TPSA) is 25.2 Å². The standard InChI is InChI=1S/C14H15F2NO/c15-12-8-13(16)14-10(4-6-18-14)11(12)7-9-3-1-2-5-17-9/h4,6,8-9,17H,1-3,5,7H2. The van der Waals surface area contributed by atoms with Crippen molar-refractivity contribution in [2.75, 3.05) is 6.54 Å². The number of furan rings is 1. The van der Waals surface area contributed by atoms with E-state index in [4.69, 9.17) is 4.42 Å². The van der Waals surface area contributed by atoms with Gasteiger partial charge in [-0.15, -0.1) is 0 Å². The van der Waals surface area contributed by atoms with Crippen LogP contribution in [-0.4, -0.2) is 12.6 Å². The predicted octanol–water partition coefficient (Wildman–Crippen LogP) is 3.40. The van der Waals surface area contributed by atoms with Gasteiger partial charge in [-0.1, -0.05) is 6.42 Å². The van der Waals surface area contributed by atoms with Crippen LogP contribution in [0.25, 0.3) is 11.0 Å². The Balaban J connectivity index is 1.97. The van der Waals surface area contributed by atoms with Gasteiger partial charge in [-0.2, -0.15) is 0 Å². The molecule has 0 amide bonds. The molecule has 3 rings (SSSR count). The van der Waals surface area contributed by atoms with E-state index in [1.165, 1.54) is 12.7 Å². The molecular weight excluding hydrogens is 236 g/mol. The number of hydrogen-bond donors (Lipinski definition) is 1. The summed E-state index contributed by atoms with van der Waals surface area (Å²) in [4.78, 5) is 0. The van der Waals surface area contributed by atoms with Crippen LogP contribution in [0.2, 0.25) is 0 Å². The molecule has 1 saturated heterocycles. The summed E-state index contributed by atoms with van der Waals surface area (Å²) < 4.78 is 32.5. The third-order valence-corrected chi connectivity index (χ3v) is 3.61. The Morgan fingerprint density at radius 1 is 1.28 bits per heavy atom. The number of hydrogen-bond acceptors (Lipinski definition) is 2. The molecule has 1 aromatic carbocycles. The molecule has 1 aliphatic heterocycles. The summed E-state index contributed by atoms with van der Waals surface area (Å²) in [5.41, 5.74) is 0.710. The van der Waals surface area contributed by atoms with Crippen LogP contribution in [0, 0.1) is 11.6 Å². The van der Waals surface area contributed by atoms with E-state index in [0.29, 0.717) is 17.4 Å². The second kappa shape index (κ2) is 4.69. The largest absolute Gasteiger partial charge is 0.461 e. The lowest BCUT2D eigenvalue weighted by Gasteiger charge is -2.23. The van der Waals surface area contributed by atoms with Crippen molar-refractivity contribution in [3.63, 3.8) is 0 Å². The van der Waals surface area contributed by atoms with Crippen LogP contribution in [0.1, 0.15) is 24.8 Å². The van der Waals surface area contributed by atoms with Crippen molar-refractivity contribution in [3.05, 3.63) is 35.6 Å². The van der Waals surface area contributed by atoms with Crippen molar-refractivity contribution < 1.29 is 13.2 Å². The van der Waals surface area contributed by atoms with Crippen molar-refractivity contribution in [2.24, 2.45) is 0 Å². The van der Waals surface area contributed by atoms with E-state index in [0.717, 1.165) is 25.5 Å². The Bertz CT molecular complexity index is 558. The van der Waals surface area contributed by atoms with E-state index in [1.54, 1.807) is 6.07 Å². The van der Waals surface area contributed by atoms with Crippen LogP contribution in [-0.2, 0) is 6.42 Å². The van der Waals surface area contributed by atoms with Crippen LogP contribution in [0.15, 0.2) is 22.8 Å². The smallest absolute Gasteiger partial charge is 0.169 e. The van der Waals surface area contributed by atoms with Crippen molar-refractivity contribution in [2.45, 2.75) is 31.7 Å². The molecule has 1 aliphatic rings. The first-order chi connectivity index (χ1) is 8.75. The molecule has 0 radical (unpaired) electrons. The van der Waals surface area contributed by atoms with Crippen LogP contribution in [0.3, 0.4) is 0 Å². The third-order valence-electron chi connectivity index (χ3n) is 3.61. The number of rotatable bonds is 2. The first kappa shape index (κ1) is 11.7. The average molecular weight is 251 g/mol. The molecule has 2 nitrogen and oxygen atoms in total. The lowest BCUT2D eigenvalue weighted by Crippen LogP contribution is -2.35. The molecule has 1 aromatic heterocycles. The minimum absolute atomic E-state index is 0.155. The van der Waals surface area contributed by atoms with E-state index in [-0.39, 0.29) is 11.6 Å². The van der Waals surface area contributed by atoms with Gasteiger partial charge in [-0.25, -0.2) is 8.78 Å². The minimum atomic E-state index is -0.632. The van der Waals surface area contributed by atoms with Gasteiger partial charge < -0.3 is 9.73 Å². The quantitative estimate of drug-likeness (QED) is 0.885. The predicted molar refractivity (Wildman–Crippen MR) is 65.5 cm³/mol. The van der Waals surface area contributed by atoms with Gasteiger partial charge in [0.15, 0.2) is 11.4 Å². The Morgan fingerprint density at radius 3 is 2.94 bits per heavy atom. The normalized spacial score (nSPS) is 20.4. The van der Waals surface area contributed by atoms with Gasteiger partial charge in [0.1, 0.15) is 5.82 Å². The second-order valence-corrected chi connectivity index (χ2v) is 4.83. The SMILES string of the molecule is Fc1cc(F)c2occc2c1CC1CCCCN1. The Labute approximate surface area is 104 Å². The molecule has 0 spiro atoms. The number of fused-ring (bicyclic) bond motifs is 1. The summed E-state index contributed by atoms with van der Waals surface area (Å²) in [5, 5.41) is 3.93. The summed E-state index contributed by atoms with van der Waals surface area (Å²) in [6.45, 7) is 0.974. The van der Waals surface area contributed by atoms with Gasteiger partial charge in [0.05, 0.1) is 6.26 Å². The molecule has 18 heavy (non-hydrogen) atoms. The summed E-state index contributed by atoms with van der Waals surface area (Å²) in [6, 6.07) is 2.83. The van der Waals surface area contributed by atoms with Gasteiger partial charge in [-0.3, -0.25) is 0 Å². The molecule has 1 atom stereocenters. The Hall–Kier alpha value is -1.42. The summed E-state index contributed by atoms with van der Waals surface area (Å²) >= 11 is 0. The zero-order valence-electron chi connectivity index (χ0n) is 10.0. The van der Waals surface area contributed by atoms with Crippen molar-refractivity contribution >= 4 is 11.0 Å². The lowest BCUT2D eigenvalue weighted by molar-refractivity contribution is 0.395. The van der Waals surface area contributed by atoms with E-state index in [9.17, 15) is 8.78 Å². The Morgan fingerprint density at radius 2 is 2.17 bits per heavy atom. The molecule has 1 fully saturated rings. The third kappa shape index (κ3) is 2.01. The fourth-order valence-electron chi connectivity index (χ4n) is 2.68. The summed E-state index contributed by atoms with van der Waals surface area (Å²) in [5.74, 6) is -1.11. The van der Waals surface area contributed by atoms with E-state index < -0.39 is 11.6 Å². The monoisotopic (exact) mass is 251 g/mol. The highest BCUT2D eigenvalue weighted by Crippen LogP contribution is 2.27. The van der Waals surface area contributed by atoms with Crippen LogP contribution < -0.4 is 5.32 Å². The van der Waals surface area contributed by atoms with E-state index in [1.807, 2.05) is 0 Å². The van der Waals surface area contributed by atoms with Gasteiger partial charge in [-0.05, 0) is 31.9 Å². The molecule has 96 valence electrons. The number of nitrogens with one attached hydrogen (secondary N) is 1. The lowest BCUT2D eigenvalue weighted by atomic mass is 9.95. The number of halogens is 2. The van der Waals surface area contributed by atoms with Crippen LogP contribution in [0.5, 0.6) is 0 Å². The van der Waals surface area contributed by atoms with E-state index in [2.05, 4.69) is 5.32 Å². The second-order valence-electron chi connectivity index (χ2n) is 4.83. The van der Waals surface area contributed by atoms with Crippen molar-refractivity contribution in [1.82, 2.24) is 5.32 Å². The van der Waals surface area contributed by atoms with E-state index >= 15 is 0 Å². The maximum Gasteiger partial charge on any atom is 0.169 e. The van der Waals surface area contributed by atoms with Crippen molar-refractivity contribution in [3.8, 4) is 0 Å². The fourth-order valence-corrected chi connectivity index (χ4v) is 2.68. The van der Waals surface area contributed by atoms with Crippen LogP contribution in [0.4, 0.5) is 8.78 Å². The molecule has 2 aromatic rings. The highest BCUT2D eigenvalue weighted by molar-refractivity contribution is 5.81. The fraction of sp³-hybridized carbons (Fsp3) is 0.429. The number of piperidine rings is 1. The van der Waals surface area contributed by atoms with Crippen LogP contribution >= 0.6 is 0 Å². The van der Waals surface area contributed by atoms with Gasteiger partial charge in [0.25, 0.3) is 0 Å². The number of benzene rings is 1. The molecule has 1 unspecified atom stereocenters. The maximum absolute atomic E-state index is 13.9. The molecule has 0 saturated carbocycles. The summed E-state index contributed by atoms with van der Waals surface area (Å²) in [6.07, 6.45) is 5.36. The zero-order chi connectivity index (χ0) is 12.5. The highest BCUT2D eigenvalue weighted by atomic mass is 19.1. The van der Waals surface area contributed by atoms with Crippen molar-refractivity contribution in [1.29, 1.82) is 0 Å². The minimum Gasteiger partial charge on any atom is -0.461 e. The van der Waals surface area contributed by atoms with Gasteiger partial charge >= 0.3 is 0 Å². The molecule has 0 aliphatic carbocycles. The van der Waals surface area contributed by atoms with Gasteiger partial charge in [0, 0.05) is 23.1 Å².